The first-order valence-corrected chi connectivity index (χ1v) is 6.20. The minimum atomic E-state index is -0.133. The summed E-state index contributed by atoms with van der Waals surface area (Å²) < 4.78 is 1.59. The van der Waals surface area contributed by atoms with Crippen molar-refractivity contribution < 1.29 is 9.59 Å². The maximum Gasteiger partial charge on any atom is 0.269 e. The molecule has 0 spiro atoms. The number of hydrogen-bond donors (Lipinski definition) is 2. The van der Waals surface area contributed by atoms with Gasteiger partial charge in [-0.15, -0.1) is 0 Å². The summed E-state index contributed by atoms with van der Waals surface area (Å²) in [5, 5.41) is 9.90. The van der Waals surface area contributed by atoms with Crippen molar-refractivity contribution in [3.8, 4) is 0 Å². The smallest absolute Gasteiger partial charge is 0.269 e. The van der Waals surface area contributed by atoms with Crippen molar-refractivity contribution in [1.29, 1.82) is 0 Å². The van der Waals surface area contributed by atoms with E-state index in [9.17, 15) is 9.59 Å². The minimum absolute atomic E-state index is 0.00942. The molecule has 1 saturated heterocycles. The number of nitrogens with one attached hydrogen (secondary N) is 2. The fraction of sp³-hybridized carbons (Fsp3) is 0.583. The molecule has 0 aliphatic carbocycles. The van der Waals surface area contributed by atoms with Crippen molar-refractivity contribution in [2.75, 3.05) is 6.54 Å². The molecule has 1 atom stereocenters. The van der Waals surface area contributed by atoms with Gasteiger partial charge in [0, 0.05) is 26.1 Å². The third-order valence-electron chi connectivity index (χ3n) is 3.13. The van der Waals surface area contributed by atoms with Gasteiger partial charge in [-0.2, -0.15) is 5.10 Å². The number of carbonyl (C=O) groups excluding carboxylic acids is 2. The number of hydrogen-bond acceptors (Lipinski definition) is 3. The molecule has 1 fully saturated rings. The highest BCUT2D eigenvalue weighted by Gasteiger charge is 2.21. The van der Waals surface area contributed by atoms with Crippen LogP contribution in [0.5, 0.6) is 0 Å². The van der Waals surface area contributed by atoms with E-state index in [2.05, 4.69) is 15.7 Å². The Morgan fingerprint density at radius 3 is 3.00 bits per heavy atom. The van der Waals surface area contributed by atoms with Crippen LogP contribution in [0.4, 0.5) is 0 Å². The van der Waals surface area contributed by atoms with Crippen molar-refractivity contribution >= 4 is 11.8 Å². The van der Waals surface area contributed by atoms with Crippen LogP contribution in [0, 0.1) is 0 Å². The highest BCUT2D eigenvalue weighted by Crippen LogP contribution is 2.07. The molecule has 0 saturated carbocycles. The van der Waals surface area contributed by atoms with Crippen LogP contribution in [0.25, 0.3) is 0 Å². The quantitative estimate of drug-likeness (QED) is 0.792. The summed E-state index contributed by atoms with van der Waals surface area (Å²) in [6.45, 7) is 2.50. The Kier molecular flexibility index (Phi) is 3.64. The Balaban J connectivity index is 1.98. The molecule has 2 N–H and O–H groups in total. The second-order valence-electron chi connectivity index (χ2n) is 4.51. The average molecular weight is 250 g/mol. The number of aromatic nitrogens is 2. The summed E-state index contributed by atoms with van der Waals surface area (Å²) in [6.07, 6.45) is 1.97. The van der Waals surface area contributed by atoms with E-state index in [1.807, 2.05) is 6.92 Å². The Morgan fingerprint density at radius 2 is 2.44 bits per heavy atom. The Bertz CT molecular complexity index is 457. The van der Waals surface area contributed by atoms with Crippen molar-refractivity contribution in [2.45, 2.75) is 32.2 Å². The van der Waals surface area contributed by atoms with Crippen LogP contribution >= 0.6 is 0 Å². The van der Waals surface area contributed by atoms with Gasteiger partial charge in [-0.3, -0.25) is 14.3 Å². The lowest BCUT2D eigenvalue weighted by molar-refractivity contribution is -0.122. The molecule has 6 nitrogen and oxygen atoms in total. The lowest BCUT2D eigenvalue weighted by Crippen LogP contribution is -2.48. The van der Waals surface area contributed by atoms with E-state index in [4.69, 9.17) is 0 Å². The van der Waals surface area contributed by atoms with Crippen LogP contribution in [0.2, 0.25) is 0 Å². The third-order valence-corrected chi connectivity index (χ3v) is 3.13. The van der Waals surface area contributed by atoms with E-state index in [1.54, 1.807) is 17.8 Å². The van der Waals surface area contributed by atoms with Crippen LogP contribution in [0.15, 0.2) is 6.07 Å². The monoisotopic (exact) mass is 250 g/mol. The van der Waals surface area contributed by atoms with Gasteiger partial charge < -0.3 is 10.6 Å². The molecule has 0 aromatic carbocycles. The van der Waals surface area contributed by atoms with Gasteiger partial charge in [0.25, 0.3) is 5.91 Å². The molecule has 1 aliphatic heterocycles. The summed E-state index contributed by atoms with van der Waals surface area (Å²) in [4.78, 5) is 23.1. The Labute approximate surface area is 106 Å². The fourth-order valence-electron chi connectivity index (χ4n) is 2.03. The van der Waals surface area contributed by atoms with Crippen molar-refractivity contribution in [1.82, 2.24) is 20.4 Å². The van der Waals surface area contributed by atoms with Gasteiger partial charge in [-0.1, -0.05) is 6.92 Å². The van der Waals surface area contributed by atoms with Crippen molar-refractivity contribution in [3.63, 3.8) is 0 Å². The molecule has 1 aromatic heterocycles. The summed E-state index contributed by atoms with van der Waals surface area (Å²) in [6, 6.07) is 1.81. The van der Waals surface area contributed by atoms with Crippen LogP contribution in [0.1, 0.15) is 35.9 Å². The standard InChI is InChI=1S/C12H18N4O2/c1-3-8-6-10(16(2)15-8)12(18)14-9-4-5-11(17)13-7-9/h6,9H,3-5,7H2,1-2H3,(H,13,17)(H,14,18). The van der Waals surface area contributed by atoms with Gasteiger partial charge in [0.15, 0.2) is 0 Å². The topological polar surface area (TPSA) is 76.0 Å². The lowest BCUT2D eigenvalue weighted by atomic mass is 10.1. The number of amides is 2. The van der Waals surface area contributed by atoms with Crippen LogP contribution in [-0.2, 0) is 18.3 Å². The Hall–Kier alpha value is -1.85. The van der Waals surface area contributed by atoms with Crippen LogP contribution in [0.3, 0.4) is 0 Å². The van der Waals surface area contributed by atoms with E-state index in [0.29, 0.717) is 25.1 Å². The average Bonchev–Trinajstić information content (AvgIpc) is 2.73. The number of rotatable bonds is 3. The van der Waals surface area contributed by atoms with Crippen LogP contribution < -0.4 is 10.6 Å². The first-order chi connectivity index (χ1) is 8.60. The zero-order chi connectivity index (χ0) is 13.1. The molecule has 0 bridgehead atoms. The molecule has 2 rings (SSSR count). The minimum Gasteiger partial charge on any atom is -0.354 e. The zero-order valence-corrected chi connectivity index (χ0v) is 10.7. The highest BCUT2D eigenvalue weighted by atomic mass is 16.2. The van der Waals surface area contributed by atoms with E-state index in [0.717, 1.165) is 12.1 Å². The van der Waals surface area contributed by atoms with E-state index < -0.39 is 0 Å². The van der Waals surface area contributed by atoms with E-state index in [1.165, 1.54) is 0 Å². The number of piperidine rings is 1. The molecule has 1 unspecified atom stereocenters. The van der Waals surface area contributed by atoms with Gasteiger partial charge in [0.05, 0.1) is 5.69 Å². The van der Waals surface area contributed by atoms with Crippen LogP contribution in [-0.4, -0.2) is 34.2 Å². The normalized spacial score (nSPS) is 19.4. The van der Waals surface area contributed by atoms with E-state index >= 15 is 0 Å². The molecule has 1 aliphatic rings. The Morgan fingerprint density at radius 1 is 1.67 bits per heavy atom. The summed E-state index contributed by atoms with van der Waals surface area (Å²) >= 11 is 0. The molecule has 18 heavy (non-hydrogen) atoms. The van der Waals surface area contributed by atoms with Crippen molar-refractivity contribution in [2.24, 2.45) is 7.05 Å². The first kappa shape index (κ1) is 12.6. The molecule has 98 valence electrons. The first-order valence-electron chi connectivity index (χ1n) is 6.20. The highest BCUT2D eigenvalue weighted by molar-refractivity contribution is 5.93. The molecule has 1 aromatic rings. The SMILES string of the molecule is CCc1cc(C(=O)NC2CCC(=O)NC2)n(C)n1. The van der Waals surface area contributed by atoms with Gasteiger partial charge in [0.1, 0.15) is 5.69 Å². The van der Waals surface area contributed by atoms with Crippen molar-refractivity contribution in [3.05, 3.63) is 17.5 Å². The van der Waals surface area contributed by atoms with Gasteiger partial charge in [-0.25, -0.2) is 0 Å². The molecular formula is C12H18N4O2. The molecule has 6 heteroatoms. The van der Waals surface area contributed by atoms with Gasteiger partial charge in [0.2, 0.25) is 5.91 Å². The zero-order valence-electron chi connectivity index (χ0n) is 10.7. The lowest BCUT2D eigenvalue weighted by Gasteiger charge is -2.23. The second-order valence-corrected chi connectivity index (χ2v) is 4.51. The van der Waals surface area contributed by atoms with Gasteiger partial charge >= 0.3 is 0 Å². The molecule has 2 amide bonds. The third kappa shape index (κ3) is 2.69. The maximum absolute atomic E-state index is 12.1. The predicted molar refractivity (Wildman–Crippen MR) is 66.1 cm³/mol. The van der Waals surface area contributed by atoms with E-state index in [-0.39, 0.29) is 17.9 Å². The summed E-state index contributed by atoms with van der Waals surface area (Å²) in [5.41, 5.74) is 1.46. The van der Waals surface area contributed by atoms with Gasteiger partial charge in [-0.05, 0) is 18.9 Å². The second kappa shape index (κ2) is 5.20. The number of aryl methyl sites for hydroxylation is 2. The predicted octanol–water partition coefficient (Wildman–Crippen LogP) is -0.00910. The number of carbonyl (C=O) groups is 2. The molecule has 2 heterocycles. The summed E-state index contributed by atoms with van der Waals surface area (Å²) in [7, 11) is 1.76. The fourth-order valence-corrected chi connectivity index (χ4v) is 2.03. The molecular weight excluding hydrogens is 232 g/mol. The number of nitrogens with zero attached hydrogens (tertiary/aromatic N) is 2. The summed E-state index contributed by atoms with van der Waals surface area (Å²) in [5.74, 6) is -0.0832. The largest absolute Gasteiger partial charge is 0.354 e. The maximum atomic E-state index is 12.1. The molecule has 0 radical (unpaired) electrons.